The minimum absolute atomic E-state index is 0.0319. The zero-order valence-electron chi connectivity index (χ0n) is 13.2. The molecule has 1 fully saturated rings. The minimum Gasteiger partial charge on any atom is -0.383 e. The van der Waals surface area contributed by atoms with Crippen LogP contribution in [-0.2, 0) is 14.9 Å². The molecule has 1 aromatic rings. The first-order valence-electron chi connectivity index (χ1n) is 7.89. The lowest BCUT2D eigenvalue weighted by Gasteiger charge is -2.30. The van der Waals surface area contributed by atoms with Gasteiger partial charge >= 0.3 is 0 Å². The van der Waals surface area contributed by atoms with Gasteiger partial charge in [-0.1, -0.05) is 36.6 Å². The molecular weight excluding hydrogens is 300 g/mol. The first-order chi connectivity index (χ1) is 10.7. The molecule has 5 heteroatoms. The number of amides is 1. The number of carbonyl (C=O) groups is 1. The van der Waals surface area contributed by atoms with Gasteiger partial charge in [-0.05, 0) is 30.5 Å². The van der Waals surface area contributed by atoms with Gasteiger partial charge in [0.05, 0.1) is 13.2 Å². The van der Waals surface area contributed by atoms with Crippen LogP contribution in [0.15, 0.2) is 24.3 Å². The molecule has 0 aliphatic heterocycles. The number of hydrogen-bond donors (Lipinski definition) is 2. The number of benzene rings is 1. The van der Waals surface area contributed by atoms with Crippen molar-refractivity contribution >= 4 is 17.5 Å². The van der Waals surface area contributed by atoms with E-state index >= 15 is 0 Å². The normalized spacial score (nSPS) is 16.6. The molecular formula is C17H25ClN2O2. The van der Waals surface area contributed by atoms with Crippen molar-refractivity contribution in [2.75, 3.05) is 33.4 Å². The predicted molar refractivity (Wildman–Crippen MR) is 89.4 cm³/mol. The van der Waals surface area contributed by atoms with Crippen molar-refractivity contribution in [3.8, 4) is 0 Å². The van der Waals surface area contributed by atoms with E-state index in [-0.39, 0.29) is 11.3 Å². The van der Waals surface area contributed by atoms with E-state index < -0.39 is 0 Å². The third-order valence-electron chi connectivity index (χ3n) is 4.39. The van der Waals surface area contributed by atoms with E-state index in [4.69, 9.17) is 16.3 Å². The zero-order chi connectivity index (χ0) is 15.8. The van der Waals surface area contributed by atoms with E-state index in [9.17, 15) is 4.79 Å². The van der Waals surface area contributed by atoms with Crippen LogP contribution in [0, 0.1) is 0 Å². The van der Waals surface area contributed by atoms with Crippen LogP contribution in [0.2, 0.25) is 5.02 Å². The van der Waals surface area contributed by atoms with Gasteiger partial charge in [-0.25, -0.2) is 0 Å². The highest BCUT2D eigenvalue weighted by atomic mass is 35.5. The molecule has 0 spiro atoms. The lowest BCUT2D eigenvalue weighted by molar-refractivity contribution is -0.120. The number of halogens is 1. The van der Waals surface area contributed by atoms with Gasteiger partial charge in [0.25, 0.3) is 0 Å². The van der Waals surface area contributed by atoms with Crippen LogP contribution in [0.25, 0.3) is 0 Å². The summed E-state index contributed by atoms with van der Waals surface area (Å²) < 4.78 is 4.94. The van der Waals surface area contributed by atoms with E-state index in [1.807, 2.05) is 18.2 Å². The topological polar surface area (TPSA) is 50.4 Å². The van der Waals surface area contributed by atoms with Gasteiger partial charge < -0.3 is 15.4 Å². The molecule has 0 aromatic heterocycles. The van der Waals surface area contributed by atoms with Crippen LogP contribution in [0.1, 0.15) is 31.2 Å². The average molecular weight is 325 g/mol. The molecule has 22 heavy (non-hydrogen) atoms. The van der Waals surface area contributed by atoms with Crippen molar-refractivity contribution in [2.45, 2.75) is 31.1 Å². The smallest absolute Gasteiger partial charge is 0.233 e. The molecule has 1 aliphatic carbocycles. The first-order valence-corrected chi connectivity index (χ1v) is 8.26. The largest absolute Gasteiger partial charge is 0.383 e. The quantitative estimate of drug-likeness (QED) is 0.722. The summed E-state index contributed by atoms with van der Waals surface area (Å²) in [5.41, 5.74) is 1.28. The third-order valence-corrected chi connectivity index (χ3v) is 4.63. The zero-order valence-corrected chi connectivity index (χ0v) is 13.9. The number of rotatable bonds is 8. The number of hydrogen-bond acceptors (Lipinski definition) is 3. The van der Waals surface area contributed by atoms with Gasteiger partial charge in [-0.2, -0.15) is 0 Å². The van der Waals surface area contributed by atoms with Crippen molar-refractivity contribution in [1.29, 1.82) is 0 Å². The maximum Gasteiger partial charge on any atom is 0.233 e. The fourth-order valence-corrected chi connectivity index (χ4v) is 3.33. The Morgan fingerprint density at radius 1 is 1.36 bits per heavy atom. The molecule has 2 N–H and O–H groups in total. The second-order valence-corrected chi connectivity index (χ2v) is 6.38. The SMILES string of the molecule is COCCNCC(=O)NCC1(c2cccc(Cl)c2)CCCC1. The Hall–Kier alpha value is -1.10. The molecule has 2 rings (SSSR count). The molecule has 0 radical (unpaired) electrons. The van der Waals surface area contributed by atoms with E-state index in [1.54, 1.807) is 7.11 Å². The Balaban J connectivity index is 1.91. The van der Waals surface area contributed by atoms with E-state index in [0.29, 0.717) is 26.2 Å². The first kappa shape index (κ1) is 17.3. The Morgan fingerprint density at radius 2 is 2.14 bits per heavy atom. The fraction of sp³-hybridized carbons (Fsp3) is 0.588. The minimum atomic E-state index is 0.0319. The van der Waals surface area contributed by atoms with Crippen molar-refractivity contribution in [1.82, 2.24) is 10.6 Å². The van der Waals surface area contributed by atoms with Gasteiger partial charge in [0, 0.05) is 30.6 Å². The Morgan fingerprint density at radius 3 is 2.82 bits per heavy atom. The monoisotopic (exact) mass is 324 g/mol. The van der Waals surface area contributed by atoms with E-state index in [0.717, 1.165) is 17.9 Å². The summed E-state index contributed by atoms with van der Waals surface area (Å²) in [6.07, 6.45) is 4.61. The molecule has 1 saturated carbocycles. The van der Waals surface area contributed by atoms with Gasteiger partial charge in [0.1, 0.15) is 0 Å². The number of nitrogens with one attached hydrogen (secondary N) is 2. The summed E-state index contributed by atoms with van der Waals surface area (Å²) in [6, 6.07) is 8.05. The van der Waals surface area contributed by atoms with Crippen molar-refractivity contribution in [3.05, 3.63) is 34.9 Å². The molecule has 0 heterocycles. The summed E-state index contributed by atoms with van der Waals surface area (Å²) in [5.74, 6) is 0.0319. The average Bonchev–Trinajstić information content (AvgIpc) is 3.00. The highest BCUT2D eigenvalue weighted by Gasteiger charge is 2.35. The van der Waals surface area contributed by atoms with E-state index in [2.05, 4.69) is 16.7 Å². The molecule has 0 saturated heterocycles. The van der Waals surface area contributed by atoms with Crippen LogP contribution < -0.4 is 10.6 Å². The highest BCUT2D eigenvalue weighted by molar-refractivity contribution is 6.30. The Kier molecular flexibility index (Phi) is 6.68. The Bertz CT molecular complexity index is 487. The fourth-order valence-electron chi connectivity index (χ4n) is 3.14. The molecule has 4 nitrogen and oxygen atoms in total. The maximum atomic E-state index is 12.0. The third kappa shape index (κ3) is 4.70. The number of ether oxygens (including phenoxy) is 1. The van der Waals surface area contributed by atoms with Crippen LogP contribution in [0.5, 0.6) is 0 Å². The lowest BCUT2D eigenvalue weighted by Crippen LogP contribution is -2.42. The number of methoxy groups -OCH3 is 1. The van der Waals surface area contributed by atoms with Crippen LogP contribution in [0.4, 0.5) is 0 Å². The van der Waals surface area contributed by atoms with Crippen LogP contribution in [0.3, 0.4) is 0 Å². The van der Waals surface area contributed by atoms with E-state index in [1.165, 1.54) is 18.4 Å². The summed E-state index contributed by atoms with van der Waals surface area (Å²) >= 11 is 6.14. The highest BCUT2D eigenvalue weighted by Crippen LogP contribution is 2.41. The molecule has 1 aliphatic rings. The number of carbonyl (C=O) groups excluding carboxylic acids is 1. The van der Waals surface area contributed by atoms with Gasteiger partial charge in [0.15, 0.2) is 0 Å². The summed E-state index contributed by atoms with van der Waals surface area (Å²) in [6.45, 7) is 2.30. The summed E-state index contributed by atoms with van der Waals surface area (Å²) in [4.78, 5) is 12.0. The lowest BCUT2D eigenvalue weighted by atomic mass is 9.79. The van der Waals surface area contributed by atoms with Gasteiger partial charge in [0.2, 0.25) is 5.91 Å². The summed E-state index contributed by atoms with van der Waals surface area (Å²) in [7, 11) is 1.65. The second kappa shape index (κ2) is 8.51. The Labute approximate surface area is 137 Å². The molecule has 0 atom stereocenters. The predicted octanol–water partition coefficient (Wildman–Crippen LogP) is 2.50. The van der Waals surface area contributed by atoms with Crippen molar-refractivity contribution in [3.63, 3.8) is 0 Å². The standard InChI is InChI=1S/C17H25ClN2O2/c1-22-10-9-19-12-16(21)20-13-17(7-2-3-8-17)14-5-4-6-15(18)11-14/h4-6,11,19H,2-3,7-10,12-13H2,1H3,(H,20,21). The molecule has 1 aromatic carbocycles. The van der Waals surface area contributed by atoms with Gasteiger partial charge in [-0.15, -0.1) is 0 Å². The van der Waals surface area contributed by atoms with Crippen molar-refractivity contribution in [2.24, 2.45) is 0 Å². The van der Waals surface area contributed by atoms with Crippen LogP contribution in [-0.4, -0.2) is 39.3 Å². The molecule has 0 bridgehead atoms. The molecule has 0 unspecified atom stereocenters. The summed E-state index contributed by atoms with van der Waals surface area (Å²) in [5, 5.41) is 6.90. The maximum absolute atomic E-state index is 12.0. The van der Waals surface area contributed by atoms with Crippen LogP contribution >= 0.6 is 11.6 Å². The van der Waals surface area contributed by atoms with Gasteiger partial charge in [-0.3, -0.25) is 4.79 Å². The second-order valence-electron chi connectivity index (χ2n) is 5.94. The molecule has 122 valence electrons. The molecule has 1 amide bonds. The van der Waals surface area contributed by atoms with Crippen molar-refractivity contribution < 1.29 is 9.53 Å².